The molecule has 0 aliphatic carbocycles. The summed E-state index contributed by atoms with van der Waals surface area (Å²) in [6.07, 6.45) is 12.7. The van der Waals surface area contributed by atoms with Crippen LogP contribution in [0.2, 0.25) is 0 Å². The summed E-state index contributed by atoms with van der Waals surface area (Å²) in [4.78, 5) is 4.25. The fourth-order valence-electron chi connectivity index (χ4n) is 0.967. The van der Waals surface area contributed by atoms with E-state index in [1.807, 2.05) is 38.2 Å². The van der Waals surface area contributed by atoms with E-state index < -0.39 is 0 Å². The Labute approximate surface area is 87.3 Å². The first-order valence-corrected chi connectivity index (χ1v) is 4.93. The molecular formula is C13H19N. The fourth-order valence-corrected chi connectivity index (χ4v) is 0.967. The smallest absolute Gasteiger partial charge is 0.0651 e. The molecule has 0 saturated heterocycles. The van der Waals surface area contributed by atoms with Crippen LogP contribution in [0.5, 0.6) is 0 Å². The van der Waals surface area contributed by atoms with Crippen LogP contribution in [0.15, 0.2) is 53.2 Å². The minimum absolute atomic E-state index is 0.947. The highest BCUT2D eigenvalue weighted by Crippen LogP contribution is 2.11. The van der Waals surface area contributed by atoms with E-state index in [9.17, 15) is 0 Å². The lowest BCUT2D eigenvalue weighted by Crippen LogP contribution is -1.81. The molecule has 1 nitrogen and oxygen atoms in total. The summed E-state index contributed by atoms with van der Waals surface area (Å²) >= 11 is 0. The van der Waals surface area contributed by atoms with Gasteiger partial charge in [0.2, 0.25) is 0 Å². The Morgan fingerprint density at radius 3 is 2.50 bits per heavy atom. The zero-order valence-electron chi connectivity index (χ0n) is 9.33. The van der Waals surface area contributed by atoms with E-state index in [4.69, 9.17) is 0 Å². The van der Waals surface area contributed by atoms with Gasteiger partial charge in [0.15, 0.2) is 0 Å². The predicted molar refractivity (Wildman–Crippen MR) is 65.6 cm³/mol. The van der Waals surface area contributed by atoms with Gasteiger partial charge in [0.25, 0.3) is 0 Å². The van der Waals surface area contributed by atoms with E-state index in [2.05, 4.69) is 24.6 Å². The molecule has 0 aromatic carbocycles. The van der Waals surface area contributed by atoms with Crippen molar-refractivity contribution in [3.63, 3.8) is 0 Å². The van der Waals surface area contributed by atoms with Crippen molar-refractivity contribution in [1.29, 1.82) is 0 Å². The maximum absolute atomic E-state index is 4.25. The van der Waals surface area contributed by atoms with Crippen molar-refractivity contribution < 1.29 is 0 Å². The van der Waals surface area contributed by atoms with E-state index in [0.717, 1.165) is 17.7 Å². The first-order chi connectivity index (χ1) is 6.76. The van der Waals surface area contributed by atoms with Gasteiger partial charge in [0.1, 0.15) is 0 Å². The maximum atomic E-state index is 4.25. The molecule has 1 heteroatoms. The van der Waals surface area contributed by atoms with Crippen molar-refractivity contribution in [3.05, 3.63) is 48.2 Å². The lowest BCUT2D eigenvalue weighted by atomic mass is 10.2. The SMILES string of the molecule is C=C(/C=C\C=C/C)C(=C/CC)/N=C\C. The molecule has 0 spiro atoms. The van der Waals surface area contributed by atoms with Gasteiger partial charge in [-0.1, -0.05) is 43.9 Å². The van der Waals surface area contributed by atoms with Crippen LogP contribution < -0.4 is 0 Å². The monoisotopic (exact) mass is 189 g/mol. The second-order valence-corrected chi connectivity index (χ2v) is 2.80. The first-order valence-electron chi connectivity index (χ1n) is 4.93. The number of rotatable bonds is 5. The molecule has 0 rings (SSSR count). The van der Waals surface area contributed by atoms with Crippen LogP contribution in [-0.2, 0) is 0 Å². The van der Waals surface area contributed by atoms with E-state index in [1.54, 1.807) is 6.21 Å². The third kappa shape index (κ3) is 5.31. The first kappa shape index (κ1) is 12.6. The van der Waals surface area contributed by atoms with Crippen molar-refractivity contribution in [3.8, 4) is 0 Å². The summed E-state index contributed by atoms with van der Waals surface area (Å²) in [7, 11) is 0. The van der Waals surface area contributed by atoms with Crippen LogP contribution in [0.4, 0.5) is 0 Å². The third-order valence-corrected chi connectivity index (χ3v) is 1.60. The van der Waals surface area contributed by atoms with Crippen LogP contribution in [0.3, 0.4) is 0 Å². The fraction of sp³-hybridized carbons (Fsp3) is 0.308. The highest BCUT2D eigenvalue weighted by atomic mass is 14.7. The molecule has 0 heterocycles. The quantitative estimate of drug-likeness (QED) is 0.457. The highest BCUT2D eigenvalue weighted by molar-refractivity contribution is 5.57. The number of hydrogen-bond acceptors (Lipinski definition) is 1. The summed E-state index contributed by atoms with van der Waals surface area (Å²) in [5, 5.41) is 0. The topological polar surface area (TPSA) is 12.4 Å². The molecule has 14 heavy (non-hydrogen) atoms. The molecule has 0 saturated carbocycles. The second kappa shape index (κ2) is 8.24. The summed E-state index contributed by atoms with van der Waals surface area (Å²) in [5.41, 5.74) is 1.90. The standard InChI is InChI=1S/C13H19N/c1-5-8-9-11-12(4)13(10-6-2)14-7-3/h5,7-11H,4,6H2,1-3H3/b8-5-,11-9-,13-10-,14-7-. The highest BCUT2D eigenvalue weighted by Gasteiger charge is 1.93. The van der Waals surface area contributed by atoms with Crippen LogP contribution >= 0.6 is 0 Å². The Morgan fingerprint density at radius 2 is 2.00 bits per heavy atom. The molecule has 0 atom stereocenters. The van der Waals surface area contributed by atoms with E-state index >= 15 is 0 Å². The van der Waals surface area contributed by atoms with Gasteiger partial charge in [-0.25, -0.2) is 0 Å². The van der Waals surface area contributed by atoms with Crippen LogP contribution in [-0.4, -0.2) is 6.21 Å². The Hall–Kier alpha value is -1.37. The molecule has 0 bridgehead atoms. The van der Waals surface area contributed by atoms with E-state index in [1.165, 1.54) is 0 Å². The maximum Gasteiger partial charge on any atom is 0.0651 e. The van der Waals surface area contributed by atoms with Gasteiger partial charge in [-0.2, -0.15) is 0 Å². The Bertz CT molecular complexity index is 278. The van der Waals surface area contributed by atoms with Crippen molar-refractivity contribution in [2.75, 3.05) is 0 Å². The molecule has 0 N–H and O–H groups in total. The van der Waals surface area contributed by atoms with Gasteiger partial charge >= 0.3 is 0 Å². The average Bonchev–Trinajstić information content (AvgIpc) is 2.18. The Morgan fingerprint density at radius 1 is 1.29 bits per heavy atom. The molecule has 0 aromatic rings. The molecule has 0 aromatic heterocycles. The lowest BCUT2D eigenvalue weighted by Gasteiger charge is -1.99. The Balaban J connectivity index is 4.53. The summed E-state index contributed by atoms with van der Waals surface area (Å²) in [6, 6.07) is 0. The number of nitrogens with zero attached hydrogens (tertiary/aromatic N) is 1. The summed E-state index contributed by atoms with van der Waals surface area (Å²) in [6.45, 7) is 9.95. The second-order valence-electron chi connectivity index (χ2n) is 2.80. The van der Waals surface area contributed by atoms with Gasteiger partial charge in [-0.3, -0.25) is 4.99 Å². The number of hydrogen-bond donors (Lipinski definition) is 0. The molecule has 0 amide bonds. The van der Waals surface area contributed by atoms with Gasteiger partial charge in [-0.05, 0) is 25.8 Å². The predicted octanol–water partition coefficient (Wildman–Crippen LogP) is 4.06. The molecule has 0 radical (unpaired) electrons. The minimum atomic E-state index is 0.947. The lowest BCUT2D eigenvalue weighted by molar-refractivity contribution is 1.17. The van der Waals surface area contributed by atoms with Gasteiger partial charge in [0, 0.05) is 6.21 Å². The minimum Gasteiger partial charge on any atom is -0.261 e. The molecule has 0 aliphatic rings. The van der Waals surface area contributed by atoms with E-state index in [0.29, 0.717) is 0 Å². The van der Waals surface area contributed by atoms with Crippen LogP contribution in [0.25, 0.3) is 0 Å². The van der Waals surface area contributed by atoms with Crippen molar-refractivity contribution in [2.45, 2.75) is 27.2 Å². The van der Waals surface area contributed by atoms with Gasteiger partial charge in [-0.15, -0.1) is 0 Å². The summed E-state index contributed by atoms with van der Waals surface area (Å²) in [5.74, 6) is 0. The van der Waals surface area contributed by atoms with E-state index in [-0.39, 0.29) is 0 Å². The van der Waals surface area contributed by atoms with Crippen LogP contribution in [0.1, 0.15) is 27.2 Å². The van der Waals surface area contributed by atoms with Gasteiger partial charge in [0.05, 0.1) is 5.70 Å². The summed E-state index contributed by atoms with van der Waals surface area (Å²) < 4.78 is 0. The van der Waals surface area contributed by atoms with Gasteiger partial charge < -0.3 is 0 Å². The molecule has 0 unspecified atom stereocenters. The Kier molecular flexibility index (Phi) is 7.43. The van der Waals surface area contributed by atoms with Crippen LogP contribution in [0, 0.1) is 0 Å². The zero-order chi connectivity index (χ0) is 10.8. The molecule has 0 aliphatic heterocycles. The number of allylic oxidation sites excluding steroid dienone is 5. The third-order valence-electron chi connectivity index (χ3n) is 1.60. The number of aliphatic imine (C=N–C) groups is 1. The average molecular weight is 189 g/mol. The molecule has 0 fully saturated rings. The van der Waals surface area contributed by atoms with Crippen molar-refractivity contribution in [2.24, 2.45) is 4.99 Å². The largest absolute Gasteiger partial charge is 0.261 e. The normalized spacial score (nSPS) is 13.5. The molecule has 76 valence electrons. The molecular weight excluding hydrogens is 170 g/mol. The van der Waals surface area contributed by atoms with Crippen molar-refractivity contribution in [1.82, 2.24) is 0 Å². The zero-order valence-corrected chi connectivity index (χ0v) is 9.33. The van der Waals surface area contributed by atoms with Crippen molar-refractivity contribution >= 4 is 6.21 Å².